The van der Waals surface area contributed by atoms with E-state index < -0.39 is 0 Å². The molecule has 0 bridgehead atoms. The Balaban J connectivity index is 1.69. The van der Waals surface area contributed by atoms with Crippen molar-refractivity contribution in [3.8, 4) is 11.3 Å². The molecule has 122 valence electrons. The van der Waals surface area contributed by atoms with Crippen molar-refractivity contribution in [2.24, 2.45) is 4.99 Å². The predicted octanol–water partition coefficient (Wildman–Crippen LogP) is 6.18. The maximum Gasteiger partial charge on any atom is 0.145 e. The minimum Gasteiger partial charge on any atom is -0.455 e. The number of unbranched alkanes of at least 4 members (excludes halogenated alkanes) is 1. The Morgan fingerprint density at radius 2 is 1.88 bits per heavy atom. The number of halogens is 1. The molecule has 2 nitrogen and oxygen atoms in total. The standard InChI is InChI=1S/C21H20FNO/c1-2-3-5-16-8-10-19(11-9-16)23-15-20-12-13-21(24-20)17-6-4-7-18(22)14-17/h4,6-15H,2-3,5H2,1H3. The van der Waals surface area contributed by atoms with Gasteiger partial charge in [-0.1, -0.05) is 37.6 Å². The van der Waals surface area contributed by atoms with Gasteiger partial charge in [0.1, 0.15) is 17.3 Å². The molecule has 0 spiro atoms. The first-order valence-electron chi connectivity index (χ1n) is 8.23. The maximum atomic E-state index is 13.3. The highest BCUT2D eigenvalue weighted by Gasteiger charge is 2.04. The molecule has 0 radical (unpaired) electrons. The molecule has 0 N–H and O–H groups in total. The second-order valence-electron chi connectivity index (χ2n) is 5.74. The van der Waals surface area contributed by atoms with Gasteiger partial charge in [0.25, 0.3) is 0 Å². The van der Waals surface area contributed by atoms with E-state index in [-0.39, 0.29) is 5.82 Å². The summed E-state index contributed by atoms with van der Waals surface area (Å²) in [7, 11) is 0. The first-order valence-corrected chi connectivity index (χ1v) is 8.23. The van der Waals surface area contributed by atoms with Crippen LogP contribution in [0.15, 0.2) is 70.1 Å². The Labute approximate surface area is 141 Å². The lowest BCUT2D eigenvalue weighted by Crippen LogP contribution is -1.83. The Bertz CT molecular complexity index is 818. The minimum atomic E-state index is -0.276. The van der Waals surface area contributed by atoms with Gasteiger partial charge in [0.15, 0.2) is 0 Å². The Kier molecular flexibility index (Phi) is 5.22. The fourth-order valence-electron chi connectivity index (χ4n) is 2.49. The summed E-state index contributed by atoms with van der Waals surface area (Å²) in [6.07, 6.45) is 5.20. The fraction of sp³-hybridized carbons (Fsp3) is 0.190. The lowest BCUT2D eigenvalue weighted by atomic mass is 10.1. The van der Waals surface area contributed by atoms with E-state index in [1.165, 1.54) is 30.5 Å². The van der Waals surface area contributed by atoms with Crippen LogP contribution in [0.2, 0.25) is 0 Å². The first-order chi connectivity index (χ1) is 11.7. The van der Waals surface area contributed by atoms with Gasteiger partial charge in [-0.25, -0.2) is 4.39 Å². The van der Waals surface area contributed by atoms with Gasteiger partial charge in [0, 0.05) is 5.56 Å². The van der Waals surface area contributed by atoms with E-state index in [0.717, 1.165) is 17.7 Å². The molecule has 0 amide bonds. The highest BCUT2D eigenvalue weighted by atomic mass is 19.1. The Morgan fingerprint density at radius 1 is 1.04 bits per heavy atom. The SMILES string of the molecule is CCCCc1ccc(N=Cc2ccc(-c3cccc(F)c3)o2)cc1. The zero-order chi connectivity index (χ0) is 16.8. The lowest BCUT2D eigenvalue weighted by Gasteiger charge is -2.00. The number of nitrogens with zero attached hydrogens (tertiary/aromatic N) is 1. The first kappa shape index (κ1) is 16.2. The van der Waals surface area contributed by atoms with Crippen molar-refractivity contribution in [1.29, 1.82) is 0 Å². The second kappa shape index (κ2) is 7.73. The van der Waals surface area contributed by atoms with Crippen LogP contribution in [0.1, 0.15) is 31.1 Å². The molecule has 3 rings (SSSR count). The van der Waals surface area contributed by atoms with Gasteiger partial charge in [0.2, 0.25) is 0 Å². The van der Waals surface area contributed by atoms with Crippen LogP contribution in [0, 0.1) is 5.82 Å². The van der Waals surface area contributed by atoms with E-state index in [4.69, 9.17) is 4.42 Å². The number of furan rings is 1. The number of rotatable bonds is 6. The zero-order valence-corrected chi connectivity index (χ0v) is 13.7. The monoisotopic (exact) mass is 321 g/mol. The zero-order valence-electron chi connectivity index (χ0n) is 13.7. The average molecular weight is 321 g/mol. The van der Waals surface area contributed by atoms with Crippen molar-refractivity contribution in [3.05, 3.63) is 77.8 Å². The van der Waals surface area contributed by atoms with Crippen molar-refractivity contribution < 1.29 is 8.81 Å². The van der Waals surface area contributed by atoms with Crippen LogP contribution in [-0.2, 0) is 6.42 Å². The highest BCUT2D eigenvalue weighted by molar-refractivity contribution is 5.79. The van der Waals surface area contributed by atoms with E-state index in [1.54, 1.807) is 12.3 Å². The molecule has 0 saturated heterocycles. The van der Waals surface area contributed by atoms with E-state index in [0.29, 0.717) is 11.5 Å². The summed E-state index contributed by atoms with van der Waals surface area (Å²) in [4.78, 5) is 4.43. The largest absolute Gasteiger partial charge is 0.455 e. The highest BCUT2D eigenvalue weighted by Crippen LogP contribution is 2.22. The summed E-state index contributed by atoms with van der Waals surface area (Å²) < 4.78 is 19.0. The summed E-state index contributed by atoms with van der Waals surface area (Å²) in [5, 5.41) is 0. The molecule has 1 aromatic heterocycles. The van der Waals surface area contributed by atoms with Crippen molar-refractivity contribution in [2.75, 3.05) is 0 Å². The predicted molar refractivity (Wildman–Crippen MR) is 96.4 cm³/mol. The van der Waals surface area contributed by atoms with Crippen LogP contribution in [0.25, 0.3) is 11.3 Å². The molecule has 3 aromatic rings. The molecule has 3 heteroatoms. The maximum absolute atomic E-state index is 13.3. The molecule has 2 aromatic carbocycles. The summed E-state index contributed by atoms with van der Waals surface area (Å²) in [6, 6.07) is 18.3. The topological polar surface area (TPSA) is 25.5 Å². The molecule has 0 atom stereocenters. The van der Waals surface area contributed by atoms with Crippen LogP contribution < -0.4 is 0 Å². The Hall–Kier alpha value is -2.68. The third-order valence-corrected chi connectivity index (χ3v) is 3.83. The fourth-order valence-corrected chi connectivity index (χ4v) is 2.49. The number of benzene rings is 2. The summed E-state index contributed by atoms with van der Waals surface area (Å²) in [5.41, 5.74) is 2.94. The molecule has 0 unspecified atom stereocenters. The van der Waals surface area contributed by atoms with Crippen molar-refractivity contribution >= 4 is 11.9 Å². The van der Waals surface area contributed by atoms with Crippen molar-refractivity contribution in [3.63, 3.8) is 0 Å². The lowest BCUT2D eigenvalue weighted by molar-refractivity contribution is 0.573. The average Bonchev–Trinajstić information content (AvgIpc) is 3.08. The molecule has 0 aliphatic heterocycles. The van der Waals surface area contributed by atoms with Crippen LogP contribution in [0.4, 0.5) is 10.1 Å². The van der Waals surface area contributed by atoms with E-state index >= 15 is 0 Å². The van der Waals surface area contributed by atoms with Gasteiger partial charge in [0.05, 0.1) is 11.9 Å². The summed E-state index contributed by atoms with van der Waals surface area (Å²) in [5.74, 6) is 0.998. The number of aryl methyl sites for hydroxylation is 1. The molecule has 0 fully saturated rings. The van der Waals surface area contributed by atoms with Crippen molar-refractivity contribution in [1.82, 2.24) is 0 Å². The van der Waals surface area contributed by atoms with Gasteiger partial charge < -0.3 is 4.42 Å². The van der Waals surface area contributed by atoms with Crippen LogP contribution in [-0.4, -0.2) is 6.21 Å². The number of hydrogen-bond donors (Lipinski definition) is 0. The van der Waals surface area contributed by atoms with Gasteiger partial charge in [-0.05, 0) is 54.8 Å². The third-order valence-electron chi connectivity index (χ3n) is 3.83. The summed E-state index contributed by atoms with van der Waals surface area (Å²) in [6.45, 7) is 2.19. The molecular weight excluding hydrogens is 301 g/mol. The van der Waals surface area contributed by atoms with Crippen LogP contribution in [0.3, 0.4) is 0 Å². The van der Waals surface area contributed by atoms with E-state index in [2.05, 4.69) is 24.0 Å². The van der Waals surface area contributed by atoms with Crippen molar-refractivity contribution in [2.45, 2.75) is 26.2 Å². The third kappa shape index (κ3) is 4.19. The normalized spacial score (nSPS) is 11.2. The molecule has 0 aliphatic rings. The smallest absolute Gasteiger partial charge is 0.145 e. The van der Waals surface area contributed by atoms with Gasteiger partial charge in [-0.15, -0.1) is 0 Å². The quantitative estimate of drug-likeness (QED) is 0.498. The van der Waals surface area contributed by atoms with E-state index in [9.17, 15) is 4.39 Å². The van der Waals surface area contributed by atoms with Gasteiger partial charge >= 0.3 is 0 Å². The molecule has 1 heterocycles. The number of hydrogen-bond acceptors (Lipinski definition) is 2. The summed E-state index contributed by atoms with van der Waals surface area (Å²) >= 11 is 0. The number of aliphatic imine (C=N–C) groups is 1. The molecule has 24 heavy (non-hydrogen) atoms. The molecule has 0 saturated carbocycles. The van der Waals surface area contributed by atoms with Crippen LogP contribution >= 0.6 is 0 Å². The van der Waals surface area contributed by atoms with E-state index in [1.807, 2.05) is 30.3 Å². The molecular formula is C21H20FNO. The molecule has 0 aliphatic carbocycles. The minimum absolute atomic E-state index is 0.276. The second-order valence-corrected chi connectivity index (χ2v) is 5.74. The Morgan fingerprint density at radius 3 is 2.62 bits per heavy atom. The van der Waals surface area contributed by atoms with Crippen LogP contribution in [0.5, 0.6) is 0 Å². The van der Waals surface area contributed by atoms with Gasteiger partial charge in [-0.3, -0.25) is 4.99 Å². The van der Waals surface area contributed by atoms with Gasteiger partial charge in [-0.2, -0.15) is 0 Å².